The summed E-state index contributed by atoms with van der Waals surface area (Å²) in [6.07, 6.45) is 0.856. The fourth-order valence-corrected chi connectivity index (χ4v) is 5.22. The maximum Gasteiger partial charge on any atom is 0.259 e. The molecule has 1 atom stereocenters. The molecule has 0 N–H and O–H groups in total. The number of anilines is 1. The largest absolute Gasteiger partial charge is 0.335 e. The first-order valence-corrected chi connectivity index (χ1v) is 10.5. The second-order valence-electron chi connectivity index (χ2n) is 7.69. The lowest BCUT2D eigenvalue weighted by Gasteiger charge is -2.23. The van der Waals surface area contributed by atoms with Gasteiger partial charge in [-0.3, -0.25) is 4.79 Å². The predicted molar refractivity (Wildman–Crippen MR) is 116 cm³/mol. The minimum absolute atomic E-state index is 0.0352. The quantitative estimate of drug-likeness (QED) is 0.445. The zero-order valence-electron chi connectivity index (χ0n) is 16.8. The topological polar surface area (TPSA) is 59.2 Å². The van der Waals surface area contributed by atoms with E-state index in [1.54, 1.807) is 11.3 Å². The molecule has 1 amide bonds. The molecule has 3 aromatic heterocycles. The summed E-state index contributed by atoms with van der Waals surface area (Å²) in [7, 11) is 0. The Morgan fingerprint density at radius 1 is 1.21 bits per heavy atom. The van der Waals surface area contributed by atoms with Crippen molar-refractivity contribution in [3.05, 3.63) is 63.0 Å². The molecular formula is C23H21N3O2S. The number of fused-ring (bicyclic) bond motifs is 2. The van der Waals surface area contributed by atoms with Gasteiger partial charge in [-0.05, 0) is 57.9 Å². The van der Waals surface area contributed by atoms with Gasteiger partial charge in [0.25, 0.3) is 11.6 Å². The van der Waals surface area contributed by atoms with Gasteiger partial charge in [-0.25, -0.2) is 4.98 Å². The molecule has 5 rings (SSSR count). The smallest absolute Gasteiger partial charge is 0.259 e. The summed E-state index contributed by atoms with van der Waals surface area (Å²) < 4.78 is 5.48. The van der Waals surface area contributed by atoms with Crippen molar-refractivity contribution < 1.29 is 9.32 Å². The van der Waals surface area contributed by atoms with Crippen LogP contribution in [0.5, 0.6) is 0 Å². The van der Waals surface area contributed by atoms with Crippen LogP contribution >= 0.6 is 11.3 Å². The highest BCUT2D eigenvalue weighted by Gasteiger charge is 2.33. The number of aromatic nitrogens is 2. The van der Waals surface area contributed by atoms with Gasteiger partial charge in [-0.1, -0.05) is 23.4 Å². The van der Waals surface area contributed by atoms with Crippen LogP contribution < -0.4 is 4.90 Å². The van der Waals surface area contributed by atoms with E-state index in [-0.39, 0.29) is 11.9 Å². The number of carbonyl (C=O) groups excluding carboxylic acids is 1. The van der Waals surface area contributed by atoms with Crippen molar-refractivity contribution in [2.24, 2.45) is 0 Å². The number of pyridine rings is 1. The van der Waals surface area contributed by atoms with Gasteiger partial charge in [0.1, 0.15) is 0 Å². The van der Waals surface area contributed by atoms with Crippen molar-refractivity contribution in [1.29, 1.82) is 0 Å². The minimum Gasteiger partial charge on any atom is -0.335 e. The van der Waals surface area contributed by atoms with Crippen molar-refractivity contribution in [1.82, 2.24) is 10.1 Å². The van der Waals surface area contributed by atoms with Gasteiger partial charge in [0.15, 0.2) is 0 Å². The van der Waals surface area contributed by atoms with E-state index < -0.39 is 0 Å². The number of para-hydroxylation sites is 1. The van der Waals surface area contributed by atoms with E-state index in [4.69, 9.17) is 4.52 Å². The summed E-state index contributed by atoms with van der Waals surface area (Å²) in [4.78, 5) is 22.7. The van der Waals surface area contributed by atoms with Gasteiger partial charge >= 0.3 is 0 Å². The molecule has 4 aromatic rings. The molecule has 0 fully saturated rings. The number of benzene rings is 1. The number of carbonyl (C=O) groups is 1. The fraction of sp³-hybridized carbons (Fsp3) is 0.261. The van der Waals surface area contributed by atoms with Crippen molar-refractivity contribution in [2.45, 2.75) is 40.2 Å². The average Bonchev–Trinajstić information content (AvgIpc) is 3.34. The number of aryl methyl sites for hydroxylation is 3. The second-order valence-corrected chi connectivity index (χ2v) is 9.15. The predicted octanol–water partition coefficient (Wildman–Crippen LogP) is 5.47. The molecule has 29 heavy (non-hydrogen) atoms. The summed E-state index contributed by atoms with van der Waals surface area (Å²) in [5.74, 6) is -0.0352. The van der Waals surface area contributed by atoms with Crippen LogP contribution in [0, 0.1) is 20.8 Å². The van der Waals surface area contributed by atoms with Crippen LogP contribution in [-0.2, 0) is 6.42 Å². The molecule has 1 unspecified atom stereocenters. The van der Waals surface area contributed by atoms with Crippen molar-refractivity contribution in [3.8, 4) is 11.3 Å². The Kier molecular flexibility index (Phi) is 4.06. The maximum atomic E-state index is 13.8. The zero-order valence-corrected chi connectivity index (χ0v) is 17.6. The molecule has 1 aliphatic rings. The summed E-state index contributed by atoms with van der Waals surface area (Å²) in [6.45, 7) is 8.09. The second kappa shape index (κ2) is 6.52. The minimum atomic E-state index is -0.0352. The molecule has 146 valence electrons. The van der Waals surface area contributed by atoms with Gasteiger partial charge in [-0.15, -0.1) is 11.3 Å². The molecule has 4 heterocycles. The van der Waals surface area contributed by atoms with Crippen LogP contribution in [0.2, 0.25) is 0 Å². The Balaban J connectivity index is 1.71. The maximum absolute atomic E-state index is 13.8. The molecule has 0 spiro atoms. The third kappa shape index (κ3) is 2.78. The highest BCUT2D eigenvalue weighted by atomic mass is 32.1. The summed E-state index contributed by atoms with van der Waals surface area (Å²) in [6, 6.07) is 12.2. The Morgan fingerprint density at radius 2 is 2.00 bits per heavy atom. The SMILES string of the molecule is Cc1cc(-c2cc(C(=O)N3c4ccccc4CC3C)c3c(C)noc3n2)c(C)s1. The van der Waals surface area contributed by atoms with E-state index in [1.807, 2.05) is 36.1 Å². The van der Waals surface area contributed by atoms with Crippen molar-refractivity contribution in [3.63, 3.8) is 0 Å². The van der Waals surface area contributed by atoms with Gasteiger partial charge in [0.05, 0.1) is 22.3 Å². The number of thiophene rings is 1. The van der Waals surface area contributed by atoms with Crippen LogP contribution in [0.25, 0.3) is 22.4 Å². The van der Waals surface area contributed by atoms with Crippen LogP contribution in [0.3, 0.4) is 0 Å². The van der Waals surface area contributed by atoms with E-state index in [1.165, 1.54) is 15.3 Å². The fourth-order valence-electron chi connectivity index (χ4n) is 4.29. The Bertz CT molecular complexity index is 1270. The van der Waals surface area contributed by atoms with Crippen molar-refractivity contribution in [2.75, 3.05) is 4.90 Å². The molecule has 0 saturated heterocycles. The molecule has 1 aliphatic heterocycles. The highest BCUT2D eigenvalue weighted by molar-refractivity contribution is 7.12. The van der Waals surface area contributed by atoms with E-state index in [0.29, 0.717) is 22.4 Å². The molecule has 0 aliphatic carbocycles. The molecule has 0 saturated carbocycles. The molecule has 0 radical (unpaired) electrons. The molecule has 1 aromatic carbocycles. The Hall–Kier alpha value is -2.99. The van der Waals surface area contributed by atoms with Crippen LogP contribution in [0.4, 0.5) is 5.69 Å². The van der Waals surface area contributed by atoms with Crippen LogP contribution in [0.15, 0.2) is 40.9 Å². The number of rotatable bonds is 2. The Morgan fingerprint density at radius 3 is 2.76 bits per heavy atom. The third-order valence-electron chi connectivity index (χ3n) is 5.59. The van der Waals surface area contributed by atoms with Gasteiger partial charge in [0.2, 0.25) is 0 Å². The molecule has 0 bridgehead atoms. The van der Waals surface area contributed by atoms with Crippen LogP contribution in [0.1, 0.15) is 38.3 Å². The number of hydrogen-bond donors (Lipinski definition) is 0. The molecular weight excluding hydrogens is 382 g/mol. The summed E-state index contributed by atoms with van der Waals surface area (Å²) in [5, 5.41) is 4.78. The van der Waals surface area contributed by atoms with Gasteiger partial charge < -0.3 is 9.42 Å². The first-order chi connectivity index (χ1) is 13.9. The van der Waals surface area contributed by atoms with E-state index >= 15 is 0 Å². The normalized spacial score (nSPS) is 15.9. The summed E-state index contributed by atoms with van der Waals surface area (Å²) in [5.41, 5.74) is 5.65. The lowest BCUT2D eigenvalue weighted by atomic mass is 10.0. The first-order valence-electron chi connectivity index (χ1n) is 9.70. The lowest BCUT2D eigenvalue weighted by molar-refractivity contribution is 0.0983. The third-order valence-corrected chi connectivity index (χ3v) is 6.56. The molecule has 6 heteroatoms. The standard InChI is InChI=1S/C23H21N3O2S/c1-12-9-16-7-5-6-8-20(16)26(12)23(27)18-11-19(17-10-13(2)29-15(17)4)24-22-21(18)14(3)25-28-22/h5-8,10-12H,9H2,1-4H3. The lowest BCUT2D eigenvalue weighted by Crippen LogP contribution is -2.35. The van der Waals surface area contributed by atoms with Gasteiger partial charge in [0, 0.05) is 27.0 Å². The zero-order chi connectivity index (χ0) is 20.3. The number of nitrogens with zero attached hydrogens (tertiary/aromatic N) is 3. The monoisotopic (exact) mass is 403 g/mol. The van der Waals surface area contributed by atoms with Crippen LogP contribution in [-0.4, -0.2) is 22.1 Å². The van der Waals surface area contributed by atoms with E-state index in [0.717, 1.165) is 23.4 Å². The van der Waals surface area contributed by atoms with E-state index in [9.17, 15) is 4.79 Å². The average molecular weight is 404 g/mol. The highest BCUT2D eigenvalue weighted by Crippen LogP contribution is 2.37. The molecule has 5 nitrogen and oxygen atoms in total. The summed E-state index contributed by atoms with van der Waals surface area (Å²) >= 11 is 1.72. The van der Waals surface area contributed by atoms with Gasteiger partial charge in [-0.2, -0.15) is 0 Å². The van der Waals surface area contributed by atoms with E-state index in [2.05, 4.69) is 43.0 Å². The van der Waals surface area contributed by atoms with Crippen molar-refractivity contribution >= 4 is 34.0 Å². The number of hydrogen-bond acceptors (Lipinski definition) is 5. The Labute approximate surface area is 173 Å². The number of amides is 1. The first kappa shape index (κ1) is 18.1.